The zero-order valence-corrected chi connectivity index (χ0v) is 20.9. The van der Waals surface area contributed by atoms with Crippen molar-refractivity contribution in [1.29, 1.82) is 0 Å². The van der Waals surface area contributed by atoms with E-state index in [9.17, 15) is 13.2 Å². The first-order chi connectivity index (χ1) is 16.2. The summed E-state index contributed by atoms with van der Waals surface area (Å²) in [6.07, 6.45) is -0.0858. The Balaban J connectivity index is 1.61. The zero-order chi connectivity index (χ0) is 24.5. The van der Waals surface area contributed by atoms with Gasteiger partial charge in [0.05, 0.1) is 23.2 Å². The number of sulfonamides is 1. The van der Waals surface area contributed by atoms with Crippen LogP contribution in [0.1, 0.15) is 36.6 Å². The third kappa shape index (κ3) is 4.91. The van der Waals surface area contributed by atoms with Crippen LogP contribution in [0.15, 0.2) is 71.6 Å². The number of rotatable bonds is 6. The lowest BCUT2D eigenvalue weighted by Crippen LogP contribution is -2.51. The zero-order valence-electron chi connectivity index (χ0n) is 19.3. The molecule has 6 nitrogen and oxygen atoms in total. The van der Waals surface area contributed by atoms with Crippen LogP contribution in [0.5, 0.6) is 5.75 Å². The molecule has 1 N–H and O–H groups in total. The standard InChI is InChI=1S/C26H27ClN2O4S/c1-4-19-7-9-20(10-8-19)18(3)28-26(30)25-16-29(23-15-21(27)11-14-24(23)33-25)34(31,32)22-12-5-17(2)6-13-22/h5-15,18,25H,4,16H2,1-3H3,(H,28,30)/t18-,25-/m1/s1. The molecule has 0 radical (unpaired) electrons. The van der Waals surface area contributed by atoms with Gasteiger partial charge in [-0.25, -0.2) is 8.42 Å². The van der Waals surface area contributed by atoms with Gasteiger partial charge in [-0.15, -0.1) is 0 Å². The highest BCUT2D eigenvalue weighted by atomic mass is 35.5. The minimum Gasteiger partial charge on any atom is -0.476 e. The van der Waals surface area contributed by atoms with E-state index in [0.717, 1.165) is 17.5 Å². The van der Waals surface area contributed by atoms with Gasteiger partial charge in [-0.1, -0.05) is 60.5 Å². The number of carbonyl (C=O) groups is 1. The van der Waals surface area contributed by atoms with Gasteiger partial charge in [0.25, 0.3) is 15.9 Å². The Kier molecular flexibility index (Phi) is 6.86. The maximum Gasteiger partial charge on any atom is 0.264 e. The van der Waals surface area contributed by atoms with Crippen LogP contribution in [0.25, 0.3) is 0 Å². The van der Waals surface area contributed by atoms with E-state index in [4.69, 9.17) is 16.3 Å². The van der Waals surface area contributed by atoms with Crippen LogP contribution in [0.3, 0.4) is 0 Å². The van der Waals surface area contributed by atoms with Gasteiger partial charge in [0.15, 0.2) is 6.10 Å². The quantitative estimate of drug-likeness (QED) is 0.516. The third-order valence-corrected chi connectivity index (χ3v) is 7.97. The molecule has 1 heterocycles. The minimum absolute atomic E-state index is 0.134. The summed E-state index contributed by atoms with van der Waals surface area (Å²) in [7, 11) is -3.95. The Labute approximate surface area is 205 Å². The van der Waals surface area contributed by atoms with Gasteiger partial charge in [0.2, 0.25) is 0 Å². The molecular weight excluding hydrogens is 472 g/mol. The molecule has 0 fully saturated rings. The maximum absolute atomic E-state index is 13.5. The number of amides is 1. The monoisotopic (exact) mass is 498 g/mol. The van der Waals surface area contributed by atoms with Gasteiger partial charge in [0, 0.05) is 5.02 Å². The van der Waals surface area contributed by atoms with Crippen LogP contribution in [0.2, 0.25) is 5.02 Å². The molecule has 8 heteroatoms. The topological polar surface area (TPSA) is 75.7 Å². The summed E-state index contributed by atoms with van der Waals surface area (Å²) in [5.41, 5.74) is 3.42. The van der Waals surface area contributed by atoms with E-state index in [2.05, 4.69) is 12.2 Å². The lowest BCUT2D eigenvalue weighted by Gasteiger charge is -2.35. The number of ether oxygens (including phenoxy) is 1. The molecule has 0 unspecified atom stereocenters. The fourth-order valence-corrected chi connectivity index (χ4v) is 5.49. The van der Waals surface area contributed by atoms with Crippen LogP contribution >= 0.6 is 11.6 Å². The van der Waals surface area contributed by atoms with Crippen molar-refractivity contribution < 1.29 is 17.9 Å². The number of anilines is 1. The molecule has 2 atom stereocenters. The Morgan fingerprint density at radius 1 is 1.12 bits per heavy atom. The van der Waals surface area contributed by atoms with Gasteiger partial charge in [0.1, 0.15) is 5.75 Å². The molecule has 0 bridgehead atoms. The minimum atomic E-state index is -3.95. The number of halogens is 1. The first-order valence-corrected chi connectivity index (χ1v) is 13.0. The van der Waals surface area contributed by atoms with Crippen molar-refractivity contribution >= 4 is 33.2 Å². The average Bonchev–Trinajstić information content (AvgIpc) is 2.83. The van der Waals surface area contributed by atoms with Crippen LogP contribution in [0, 0.1) is 6.92 Å². The second-order valence-electron chi connectivity index (χ2n) is 8.39. The number of aryl methyl sites for hydroxylation is 2. The molecule has 0 saturated heterocycles. The highest BCUT2D eigenvalue weighted by molar-refractivity contribution is 7.92. The van der Waals surface area contributed by atoms with Crippen molar-refractivity contribution in [3.05, 3.63) is 88.4 Å². The van der Waals surface area contributed by atoms with Crippen LogP contribution in [-0.4, -0.2) is 27.0 Å². The van der Waals surface area contributed by atoms with Crippen molar-refractivity contribution in [3.63, 3.8) is 0 Å². The van der Waals surface area contributed by atoms with Crippen molar-refractivity contribution in [2.45, 2.75) is 44.2 Å². The summed E-state index contributed by atoms with van der Waals surface area (Å²) in [5, 5.41) is 3.33. The molecule has 4 rings (SSSR count). The van der Waals surface area contributed by atoms with Crippen molar-refractivity contribution in [2.24, 2.45) is 0 Å². The van der Waals surface area contributed by atoms with Crippen molar-refractivity contribution in [1.82, 2.24) is 5.32 Å². The van der Waals surface area contributed by atoms with Crippen LogP contribution in [0.4, 0.5) is 5.69 Å². The summed E-state index contributed by atoms with van der Waals surface area (Å²) in [5.74, 6) is -0.108. The lowest BCUT2D eigenvalue weighted by atomic mass is 10.0. The predicted molar refractivity (Wildman–Crippen MR) is 134 cm³/mol. The summed E-state index contributed by atoms with van der Waals surface area (Å²) in [4.78, 5) is 13.3. The Morgan fingerprint density at radius 3 is 2.44 bits per heavy atom. The summed E-state index contributed by atoms with van der Waals surface area (Å²) in [6.45, 7) is 5.69. The number of carbonyl (C=O) groups excluding carboxylic acids is 1. The van der Waals surface area contributed by atoms with Gasteiger partial charge in [-0.05, 0) is 61.7 Å². The van der Waals surface area contributed by atoms with E-state index in [0.29, 0.717) is 10.7 Å². The van der Waals surface area contributed by atoms with E-state index in [-0.39, 0.29) is 23.2 Å². The smallest absolute Gasteiger partial charge is 0.264 e. The van der Waals surface area contributed by atoms with Crippen molar-refractivity contribution in [2.75, 3.05) is 10.8 Å². The second kappa shape index (κ2) is 9.68. The van der Waals surface area contributed by atoms with E-state index >= 15 is 0 Å². The van der Waals surface area contributed by atoms with E-state index in [1.54, 1.807) is 36.4 Å². The Morgan fingerprint density at radius 2 is 1.79 bits per heavy atom. The lowest BCUT2D eigenvalue weighted by molar-refractivity contribution is -0.128. The predicted octanol–water partition coefficient (Wildman–Crippen LogP) is 5.04. The molecule has 1 aliphatic heterocycles. The van der Waals surface area contributed by atoms with Gasteiger partial charge < -0.3 is 10.1 Å². The highest BCUT2D eigenvalue weighted by Gasteiger charge is 2.38. The molecule has 178 valence electrons. The maximum atomic E-state index is 13.5. The van der Waals surface area contributed by atoms with Gasteiger partial charge in [-0.2, -0.15) is 0 Å². The molecule has 1 amide bonds. The Hall–Kier alpha value is -3.03. The normalized spacial score (nSPS) is 16.4. The number of nitrogens with zero attached hydrogens (tertiary/aromatic N) is 1. The molecule has 3 aromatic carbocycles. The van der Waals surface area contributed by atoms with E-state index in [1.807, 2.05) is 38.1 Å². The molecule has 0 aliphatic carbocycles. The molecule has 3 aromatic rings. The number of fused-ring (bicyclic) bond motifs is 1. The first kappa shape index (κ1) is 24.1. The van der Waals surface area contributed by atoms with Crippen LogP contribution < -0.4 is 14.4 Å². The molecule has 1 aliphatic rings. The highest BCUT2D eigenvalue weighted by Crippen LogP contribution is 2.39. The summed E-state index contributed by atoms with van der Waals surface area (Å²) in [6, 6.07) is 19.1. The van der Waals surface area contributed by atoms with Crippen molar-refractivity contribution in [3.8, 4) is 5.75 Å². The molecule has 0 aromatic heterocycles. The molecule has 0 saturated carbocycles. The number of benzene rings is 3. The third-order valence-electron chi connectivity index (χ3n) is 5.94. The van der Waals surface area contributed by atoms with E-state index < -0.39 is 22.0 Å². The Bertz CT molecular complexity index is 1290. The number of hydrogen-bond donors (Lipinski definition) is 1. The number of hydrogen-bond acceptors (Lipinski definition) is 4. The fourth-order valence-electron chi connectivity index (χ4n) is 3.86. The van der Waals surface area contributed by atoms with Gasteiger partial charge >= 0.3 is 0 Å². The second-order valence-corrected chi connectivity index (χ2v) is 10.7. The average molecular weight is 499 g/mol. The fraction of sp³-hybridized carbons (Fsp3) is 0.269. The van der Waals surface area contributed by atoms with E-state index in [1.165, 1.54) is 15.9 Å². The largest absolute Gasteiger partial charge is 0.476 e. The van der Waals surface area contributed by atoms with Crippen LogP contribution in [-0.2, 0) is 21.2 Å². The molecular formula is C26H27ClN2O4S. The summed E-state index contributed by atoms with van der Waals surface area (Å²) < 4.78 is 34.2. The summed E-state index contributed by atoms with van der Waals surface area (Å²) >= 11 is 6.16. The first-order valence-electron chi connectivity index (χ1n) is 11.1. The number of nitrogens with one attached hydrogen (secondary N) is 1. The van der Waals surface area contributed by atoms with Gasteiger partial charge in [-0.3, -0.25) is 9.10 Å². The molecule has 0 spiro atoms. The SMILES string of the molecule is CCc1ccc([C@@H](C)NC(=O)[C@H]2CN(S(=O)(=O)c3ccc(C)cc3)c3cc(Cl)ccc3O2)cc1. The molecule has 34 heavy (non-hydrogen) atoms.